The van der Waals surface area contributed by atoms with Crippen molar-refractivity contribution in [3.05, 3.63) is 57.4 Å². The molecule has 0 spiro atoms. The molecule has 5 heteroatoms. The number of nitrogens with zero attached hydrogens (tertiary/aromatic N) is 3. The third-order valence-electron chi connectivity index (χ3n) is 3.77. The Hall–Kier alpha value is -1.88. The van der Waals surface area contributed by atoms with Crippen LogP contribution in [0.5, 0.6) is 0 Å². The second-order valence-corrected chi connectivity index (χ2v) is 5.13. The molecule has 19 heavy (non-hydrogen) atoms. The predicted octanol–water partition coefficient (Wildman–Crippen LogP) is 2.04. The highest BCUT2D eigenvalue weighted by Crippen LogP contribution is 2.29. The van der Waals surface area contributed by atoms with E-state index < -0.39 is 0 Å². The van der Waals surface area contributed by atoms with Gasteiger partial charge in [0.05, 0.1) is 23.8 Å². The molecule has 3 rings (SSSR count). The van der Waals surface area contributed by atoms with E-state index >= 15 is 0 Å². The molecule has 0 aliphatic carbocycles. The molecule has 2 aliphatic rings. The Morgan fingerprint density at radius 1 is 1.26 bits per heavy atom. The largest absolute Gasteiger partial charge is 0.357 e. The van der Waals surface area contributed by atoms with Gasteiger partial charge in [-0.15, -0.1) is 0 Å². The molecule has 100 valence electrons. The highest BCUT2D eigenvalue weighted by molar-refractivity contribution is 5.18. The molecule has 2 heterocycles. The number of fused-ring (bicyclic) bond motifs is 1. The van der Waals surface area contributed by atoms with Gasteiger partial charge in [0.25, 0.3) is 5.70 Å². The molecule has 2 aliphatic heterocycles. The number of benzene rings is 1. The highest BCUT2D eigenvalue weighted by atomic mass is 16.6. The van der Waals surface area contributed by atoms with Gasteiger partial charge in [0.1, 0.15) is 0 Å². The summed E-state index contributed by atoms with van der Waals surface area (Å²) < 4.78 is 0. The molecule has 1 aromatic rings. The second kappa shape index (κ2) is 5.01. The van der Waals surface area contributed by atoms with Crippen LogP contribution in [-0.4, -0.2) is 34.5 Å². The molecule has 0 radical (unpaired) electrons. The highest BCUT2D eigenvalue weighted by Gasteiger charge is 2.34. The van der Waals surface area contributed by atoms with E-state index in [1.54, 1.807) is 0 Å². The Bertz CT molecular complexity index is 513. The molecule has 0 atom stereocenters. The van der Waals surface area contributed by atoms with Gasteiger partial charge in [0.2, 0.25) is 0 Å². The Labute approximate surface area is 112 Å². The van der Waals surface area contributed by atoms with E-state index in [1.165, 1.54) is 5.56 Å². The molecule has 0 saturated carbocycles. The first-order valence-corrected chi connectivity index (χ1v) is 6.61. The molecule has 0 N–H and O–H groups in total. The normalized spacial score (nSPS) is 19.7. The maximum atomic E-state index is 11.2. The van der Waals surface area contributed by atoms with Crippen molar-refractivity contribution in [3.63, 3.8) is 0 Å². The topological polar surface area (TPSA) is 49.6 Å². The average molecular weight is 259 g/mol. The van der Waals surface area contributed by atoms with Gasteiger partial charge in [-0.25, -0.2) is 0 Å². The number of nitro groups is 1. The summed E-state index contributed by atoms with van der Waals surface area (Å²) in [6.45, 7) is 2.97. The summed E-state index contributed by atoms with van der Waals surface area (Å²) in [7, 11) is 0. The number of hydrogen-bond donors (Lipinski definition) is 0. The van der Waals surface area contributed by atoms with Crippen LogP contribution in [0.15, 0.2) is 41.7 Å². The molecular weight excluding hydrogens is 242 g/mol. The lowest BCUT2D eigenvalue weighted by molar-refractivity contribution is -0.432. The quantitative estimate of drug-likeness (QED) is 0.615. The summed E-state index contributed by atoms with van der Waals surface area (Å²) in [5.74, 6) is 0. The zero-order valence-corrected chi connectivity index (χ0v) is 10.8. The smallest absolute Gasteiger partial charge is 0.279 e. The molecule has 0 aromatic heterocycles. The van der Waals surface area contributed by atoms with Gasteiger partial charge in [-0.05, 0) is 18.4 Å². The van der Waals surface area contributed by atoms with Crippen LogP contribution in [0.4, 0.5) is 0 Å². The third-order valence-corrected chi connectivity index (χ3v) is 3.77. The summed E-state index contributed by atoms with van der Waals surface area (Å²) in [6, 6.07) is 10.1. The van der Waals surface area contributed by atoms with Crippen LogP contribution in [0.1, 0.15) is 18.4 Å². The zero-order valence-electron chi connectivity index (χ0n) is 10.8. The lowest BCUT2D eigenvalue weighted by Crippen LogP contribution is -2.42. The zero-order chi connectivity index (χ0) is 13.2. The Kier molecular flexibility index (Phi) is 3.21. The minimum atomic E-state index is -0.204. The van der Waals surface area contributed by atoms with Crippen molar-refractivity contribution >= 4 is 0 Å². The Morgan fingerprint density at radius 3 is 2.79 bits per heavy atom. The lowest BCUT2D eigenvalue weighted by Gasteiger charge is -2.33. The first-order valence-electron chi connectivity index (χ1n) is 6.61. The summed E-state index contributed by atoms with van der Waals surface area (Å²) in [5, 5.41) is 11.2. The van der Waals surface area contributed by atoms with Gasteiger partial charge >= 0.3 is 0 Å². The van der Waals surface area contributed by atoms with Crippen LogP contribution in [0.2, 0.25) is 0 Å². The van der Waals surface area contributed by atoms with Crippen molar-refractivity contribution < 1.29 is 4.92 Å². The molecule has 1 aromatic carbocycles. The Morgan fingerprint density at radius 2 is 2.05 bits per heavy atom. The number of allylic oxidation sites excluding steroid dienone is 1. The first kappa shape index (κ1) is 12.2. The van der Waals surface area contributed by atoms with Crippen LogP contribution in [0.25, 0.3) is 0 Å². The van der Waals surface area contributed by atoms with Crippen LogP contribution in [0.3, 0.4) is 0 Å². The molecule has 5 nitrogen and oxygen atoms in total. The average Bonchev–Trinajstić information content (AvgIpc) is 2.87. The summed E-state index contributed by atoms with van der Waals surface area (Å²) in [6.07, 6.45) is 1.89. The van der Waals surface area contributed by atoms with Gasteiger partial charge in [-0.2, -0.15) is 0 Å². The van der Waals surface area contributed by atoms with E-state index in [9.17, 15) is 10.1 Å². The van der Waals surface area contributed by atoms with Crippen LogP contribution >= 0.6 is 0 Å². The van der Waals surface area contributed by atoms with Crippen LogP contribution in [-0.2, 0) is 6.54 Å². The van der Waals surface area contributed by atoms with Gasteiger partial charge in [0, 0.05) is 13.1 Å². The first-order chi connectivity index (χ1) is 9.24. The van der Waals surface area contributed by atoms with Gasteiger partial charge in [0.15, 0.2) is 0 Å². The monoisotopic (exact) mass is 259 g/mol. The maximum absolute atomic E-state index is 11.2. The minimum absolute atomic E-state index is 0.204. The van der Waals surface area contributed by atoms with Crippen molar-refractivity contribution in [3.8, 4) is 0 Å². The third kappa shape index (κ3) is 2.46. The van der Waals surface area contributed by atoms with E-state index in [0.717, 1.165) is 38.3 Å². The number of rotatable bonds is 3. The fourth-order valence-electron chi connectivity index (χ4n) is 2.92. The van der Waals surface area contributed by atoms with Crippen molar-refractivity contribution in [2.24, 2.45) is 0 Å². The van der Waals surface area contributed by atoms with Crippen LogP contribution in [0, 0.1) is 10.1 Å². The summed E-state index contributed by atoms with van der Waals surface area (Å²) in [5.41, 5.74) is 2.54. The fourth-order valence-corrected chi connectivity index (χ4v) is 2.92. The van der Waals surface area contributed by atoms with E-state index in [2.05, 4.69) is 21.9 Å². The molecular formula is C14H17N3O2. The maximum Gasteiger partial charge on any atom is 0.279 e. The predicted molar refractivity (Wildman–Crippen MR) is 71.7 cm³/mol. The standard InChI is InChI=1S/C14H17N3O2/c18-17(19)14-10-15(9-12-5-2-1-3-6-12)11-16-8-4-7-13(14)16/h1-3,5-6H,4,7-11H2. The van der Waals surface area contributed by atoms with E-state index in [-0.39, 0.29) is 4.92 Å². The van der Waals surface area contributed by atoms with Gasteiger partial charge in [-0.1, -0.05) is 30.3 Å². The van der Waals surface area contributed by atoms with E-state index in [0.29, 0.717) is 12.2 Å². The SMILES string of the molecule is O=[N+]([O-])C1=C2CCCN2CN(Cc2ccccc2)C1. The Balaban J connectivity index is 1.78. The summed E-state index contributed by atoms with van der Waals surface area (Å²) >= 11 is 0. The van der Waals surface area contributed by atoms with Gasteiger partial charge < -0.3 is 4.90 Å². The molecule has 0 amide bonds. The van der Waals surface area contributed by atoms with E-state index in [1.807, 2.05) is 18.2 Å². The van der Waals surface area contributed by atoms with Crippen molar-refractivity contribution in [2.75, 3.05) is 19.8 Å². The molecule has 0 unspecified atom stereocenters. The molecule has 1 fully saturated rings. The van der Waals surface area contributed by atoms with Crippen molar-refractivity contribution in [1.82, 2.24) is 9.80 Å². The minimum Gasteiger partial charge on any atom is -0.357 e. The lowest BCUT2D eigenvalue weighted by atomic mass is 10.2. The fraction of sp³-hybridized carbons (Fsp3) is 0.429. The van der Waals surface area contributed by atoms with Crippen LogP contribution < -0.4 is 0 Å². The number of hydrogen-bond acceptors (Lipinski definition) is 4. The summed E-state index contributed by atoms with van der Waals surface area (Å²) in [4.78, 5) is 15.3. The molecule has 0 bridgehead atoms. The van der Waals surface area contributed by atoms with Crippen molar-refractivity contribution in [1.29, 1.82) is 0 Å². The second-order valence-electron chi connectivity index (χ2n) is 5.13. The van der Waals surface area contributed by atoms with Gasteiger partial charge in [-0.3, -0.25) is 15.0 Å². The van der Waals surface area contributed by atoms with Crippen molar-refractivity contribution in [2.45, 2.75) is 19.4 Å². The van der Waals surface area contributed by atoms with E-state index in [4.69, 9.17) is 0 Å². The molecule has 1 saturated heterocycles.